The van der Waals surface area contributed by atoms with Crippen molar-refractivity contribution in [2.24, 2.45) is 0 Å². The highest BCUT2D eigenvalue weighted by Gasteiger charge is 2.45. The molecule has 4 aliphatic rings. The summed E-state index contributed by atoms with van der Waals surface area (Å²) in [7, 11) is 0. The molecule has 2 aromatic heterocycles. The van der Waals surface area contributed by atoms with Gasteiger partial charge in [0, 0.05) is 71.4 Å². The van der Waals surface area contributed by atoms with E-state index in [-0.39, 0.29) is 27.5 Å². The van der Waals surface area contributed by atoms with Crippen molar-refractivity contribution in [3.63, 3.8) is 0 Å². The Morgan fingerprint density at radius 1 is 0.329 bits per heavy atom. The van der Waals surface area contributed by atoms with Crippen molar-refractivity contribution in [2.75, 3.05) is 4.90 Å². The Kier molecular flexibility index (Phi) is 7.43. The molecule has 0 saturated heterocycles. The van der Waals surface area contributed by atoms with Gasteiger partial charge in [0.1, 0.15) is 28.1 Å². The number of furan rings is 2. The lowest BCUT2D eigenvalue weighted by atomic mass is 9.79. The normalized spacial score (nSPS) is 16.5. The lowest BCUT2D eigenvalue weighted by Gasteiger charge is -2.29. The van der Waals surface area contributed by atoms with Crippen molar-refractivity contribution in [3.05, 3.63) is 208 Å². The minimum Gasteiger partial charge on any atom is -0.455 e. The third-order valence-electron chi connectivity index (χ3n) is 17.5. The first-order valence-corrected chi connectivity index (χ1v) is 24.8. The molecule has 4 heteroatoms. The fraction of sp³-hybridized carbons (Fsp3) is 0.182. The first-order chi connectivity index (χ1) is 33.6. The summed E-state index contributed by atoms with van der Waals surface area (Å²) in [5, 5.41) is 4.62. The van der Waals surface area contributed by atoms with E-state index in [0.717, 1.165) is 60.9 Å². The first kappa shape index (κ1) is 40.2. The zero-order valence-electron chi connectivity index (χ0n) is 40.7. The molecule has 0 spiro atoms. The van der Waals surface area contributed by atoms with Crippen molar-refractivity contribution in [3.8, 4) is 44.5 Å². The lowest BCUT2D eigenvalue weighted by Crippen LogP contribution is -2.18. The summed E-state index contributed by atoms with van der Waals surface area (Å²) in [6, 6.07) is 56.7. The smallest absolute Gasteiger partial charge is 0.143 e. The zero-order valence-corrected chi connectivity index (χ0v) is 40.7. The van der Waals surface area contributed by atoms with Gasteiger partial charge in [0.25, 0.3) is 0 Å². The van der Waals surface area contributed by atoms with E-state index in [9.17, 15) is 4.39 Å². The number of nitrogens with zero attached hydrogens (tertiary/aromatic N) is 1. The molecule has 0 fully saturated rings. The van der Waals surface area contributed by atoms with Crippen LogP contribution in [0.25, 0.3) is 88.4 Å². The van der Waals surface area contributed by atoms with E-state index >= 15 is 0 Å². The van der Waals surface area contributed by atoms with Gasteiger partial charge in [0.05, 0.1) is 0 Å². The fourth-order valence-corrected chi connectivity index (χ4v) is 13.7. The third kappa shape index (κ3) is 4.89. The van der Waals surface area contributed by atoms with Crippen LogP contribution >= 0.6 is 0 Å². The largest absolute Gasteiger partial charge is 0.455 e. The minimum atomic E-state index is -0.304. The standard InChI is InChI=1S/C66H50FNO2/c1-63(2)49-27-25-43-41-13-9-11-15-57(41)69-61(43)59(49)47-33-53-45(31-55(47)63)39-23-21-37(29-51(39)65(53,5)6)68(36-19-17-35(67)18-20-36)38-22-24-40-46-32-56-48(34-54(46)66(7,8)52(40)30-38)60-50(64(56,3)4)28-26-44-42-14-10-12-16-58(42)70-62(44)60/h9-34H,1-8H3. The van der Waals surface area contributed by atoms with Crippen LogP contribution in [0.1, 0.15) is 99.9 Å². The van der Waals surface area contributed by atoms with E-state index in [1.165, 1.54) is 89.0 Å². The quantitative estimate of drug-likeness (QED) is 0.177. The summed E-state index contributed by atoms with van der Waals surface area (Å²) in [6.07, 6.45) is 0. The van der Waals surface area contributed by atoms with Gasteiger partial charge >= 0.3 is 0 Å². The van der Waals surface area contributed by atoms with E-state index in [0.29, 0.717) is 0 Å². The lowest BCUT2D eigenvalue weighted by molar-refractivity contribution is 0.628. The van der Waals surface area contributed by atoms with Crippen LogP contribution < -0.4 is 4.90 Å². The zero-order chi connectivity index (χ0) is 47.5. The second-order valence-corrected chi connectivity index (χ2v) is 22.6. The SMILES string of the molecule is CC1(C)c2cc(N(c3ccc(F)cc3)c3ccc4c(c3)C(C)(C)c3cc5c(cc3-4)C(C)(C)c3ccc4c(oc6ccccc64)c3-5)ccc2-c2cc3c(cc21)-c1c(ccc2c1oc1ccccc12)C3(C)C. The van der Waals surface area contributed by atoms with Crippen molar-refractivity contribution in [1.82, 2.24) is 0 Å². The van der Waals surface area contributed by atoms with Crippen molar-refractivity contribution in [1.29, 1.82) is 0 Å². The molecule has 70 heavy (non-hydrogen) atoms. The van der Waals surface area contributed by atoms with Crippen LogP contribution in [0.4, 0.5) is 21.5 Å². The van der Waals surface area contributed by atoms with E-state index in [1.807, 2.05) is 12.1 Å². The molecule has 338 valence electrons. The Balaban J connectivity index is 0.858. The molecule has 0 N–H and O–H groups in total. The van der Waals surface area contributed by atoms with Gasteiger partial charge in [-0.05, 0) is 163 Å². The van der Waals surface area contributed by atoms with E-state index < -0.39 is 0 Å². The molecule has 0 saturated carbocycles. The highest BCUT2D eigenvalue weighted by Crippen LogP contribution is 2.61. The Labute approximate surface area is 406 Å². The summed E-state index contributed by atoms with van der Waals surface area (Å²) < 4.78 is 28.2. The molecule has 0 aliphatic heterocycles. The first-order valence-electron chi connectivity index (χ1n) is 24.8. The van der Waals surface area contributed by atoms with Gasteiger partial charge in [0.15, 0.2) is 0 Å². The Bertz CT molecular complexity index is 3940. The molecule has 0 radical (unpaired) electrons. The molecule has 0 unspecified atom stereocenters. The van der Waals surface area contributed by atoms with Gasteiger partial charge in [-0.3, -0.25) is 0 Å². The summed E-state index contributed by atoms with van der Waals surface area (Å²) in [5.74, 6) is -0.255. The molecule has 0 amide bonds. The van der Waals surface area contributed by atoms with Crippen LogP contribution in [0.15, 0.2) is 167 Å². The van der Waals surface area contributed by atoms with E-state index in [4.69, 9.17) is 8.83 Å². The molecule has 0 atom stereocenters. The number of hydrogen-bond acceptors (Lipinski definition) is 3. The maximum atomic E-state index is 14.8. The third-order valence-corrected chi connectivity index (χ3v) is 17.5. The van der Waals surface area contributed by atoms with Crippen LogP contribution in [-0.2, 0) is 21.7 Å². The van der Waals surface area contributed by atoms with Gasteiger partial charge < -0.3 is 13.7 Å². The van der Waals surface area contributed by atoms with Crippen molar-refractivity contribution < 1.29 is 13.2 Å². The second kappa shape index (κ2) is 12.9. The topological polar surface area (TPSA) is 29.5 Å². The number of benzene rings is 9. The number of anilines is 3. The summed E-state index contributed by atoms with van der Waals surface area (Å²) in [5.41, 5.74) is 26.3. The molecule has 11 aromatic rings. The Morgan fingerprint density at radius 2 is 0.700 bits per heavy atom. The van der Waals surface area contributed by atoms with Gasteiger partial charge in [0.2, 0.25) is 0 Å². The number of fused-ring (bicyclic) bond motifs is 20. The van der Waals surface area contributed by atoms with E-state index in [2.05, 4.69) is 194 Å². The molecular weight excluding hydrogens is 858 g/mol. The number of hydrogen-bond donors (Lipinski definition) is 0. The molecule has 4 aliphatic carbocycles. The average molecular weight is 908 g/mol. The minimum absolute atomic E-state index is 0.206. The van der Waals surface area contributed by atoms with Gasteiger partial charge in [-0.25, -0.2) is 4.39 Å². The fourth-order valence-electron chi connectivity index (χ4n) is 13.7. The van der Waals surface area contributed by atoms with Gasteiger partial charge in [-0.15, -0.1) is 0 Å². The molecule has 9 aromatic carbocycles. The Morgan fingerprint density at radius 3 is 1.16 bits per heavy atom. The highest BCUT2D eigenvalue weighted by atomic mass is 19.1. The number of halogens is 1. The molecule has 3 nitrogen and oxygen atoms in total. The maximum Gasteiger partial charge on any atom is 0.143 e. The number of rotatable bonds is 3. The predicted molar refractivity (Wildman–Crippen MR) is 286 cm³/mol. The molecule has 2 heterocycles. The van der Waals surface area contributed by atoms with Crippen LogP contribution in [0.3, 0.4) is 0 Å². The second-order valence-electron chi connectivity index (χ2n) is 22.6. The van der Waals surface area contributed by atoms with Crippen LogP contribution in [-0.4, -0.2) is 0 Å². The number of para-hydroxylation sites is 2. The van der Waals surface area contributed by atoms with Gasteiger partial charge in [-0.1, -0.05) is 128 Å². The van der Waals surface area contributed by atoms with E-state index in [1.54, 1.807) is 12.1 Å². The highest BCUT2D eigenvalue weighted by molar-refractivity contribution is 6.13. The predicted octanol–water partition coefficient (Wildman–Crippen LogP) is 18.3. The molecule has 15 rings (SSSR count). The summed E-state index contributed by atoms with van der Waals surface area (Å²) in [4.78, 5) is 2.31. The molecular formula is C66H50FNO2. The van der Waals surface area contributed by atoms with Crippen LogP contribution in [0.2, 0.25) is 0 Å². The summed E-state index contributed by atoms with van der Waals surface area (Å²) >= 11 is 0. The average Bonchev–Trinajstić information content (AvgIpc) is 4.14. The van der Waals surface area contributed by atoms with Crippen LogP contribution in [0, 0.1) is 5.82 Å². The maximum absolute atomic E-state index is 14.8. The molecule has 0 bridgehead atoms. The van der Waals surface area contributed by atoms with Crippen molar-refractivity contribution in [2.45, 2.75) is 77.0 Å². The van der Waals surface area contributed by atoms with Gasteiger partial charge in [-0.2, -0.15) is 0 Å². The van der Waals surface area contributed by atoms with Crippen molar-refractivity contribution >= 4 is 60.9 Å². The Hall–Kier alpha value is -7.69. The monoisotopic (exact) mass is 907 g/mol. The summed E-state index contributed by atoms with van der Waals surface area (Å²) in [6.45, 7) is 18.9. The van der Waals surface area contributed by atoms with Crippen LogP contribution in [0.5, 0.6) is 0 Å².